The number of anilines is 1. The molecule has 3 aromatic rings. The summed E-state index contributed by atoms with van der Waals surface area (Å²) in [5.74, 6) is -1.08. The third-order valence-electron chi connectivity index (χ3n) is 7.36. The maximum Gasteiger partial charge on any atom is 0.259 e. The van der Waals surface area contributed by atoms with Crippen LogP contribution in [0.2, 0.25) is 28.2 Å². The summed E-state index contributed by atoms with van der Waals surface area (Å²) in [5, 5.41) is 7.27. The Kier molecular flexibility index (Phi) is 9.14. The number of likely N-dealkylation sites (N-methyl/N-ethyl adjacent to an activating group) is 1. The molecule has 2 atom stereocenters. The van der Waals surface area contributed by atoms with Gasteiger partial charge in [-0.25, -0.2) is 0 Å². The fraction of sp³-hybridized carbons (Fsp3) is 0.393. The van der Waals surface area contributed by atoms with Crippen molar-refractivity contribution in [2.75, 3.05) is 19.0 Å². The number of halogens is 2. The van der Waals surface area contributed by atoms with Crippen LogP contribution in [-0.4, -0.2) is 38.4 Å². The Balaban J connectivity index is 1.94. The molecule has 2 aromatic carbocycles. The highest BCUT2D eigenvalue weighted by Crippen LogP contribution is 2.37. The van der Waals surface area contributed by atoms with E-state index in [1.807, 2.05) is 0 Å². The molecule has 0 spiro atoms. The van der Waals surface area contributed by atoms with Crippen molar-refractivity contribution < 1.29 is 14.0 Å². The molecule has 0 saturated carbocycles. The van der Waals surface area contributed by atoms with Crippen molar-refractivity contribution in [3.05, 3.63) is 74.6 Å². The van der Waals surface area contributed by atoms with E-state index >= 15 is 0 Å². The van der Waals surface area contributed by atoms with E-state index in [2.05, 4.69) is 44.5 Å². The molecule has 3 rings (SSSR count). The quantitative estimate of drug-likeness (QED) is 0.306. The van der Waals surface area contributed by atoms with E-state index in [9.17, 15) is 14.4 Å². The van der Waals surface area contributed by atoms with Crippen molar-refractivity contribution in [2.24, 2.45) is 0 Å². The SMILES string of the molecule is CNC(=O)[C@@H](CO[Si](C)(C)C(C)(C)C)n1ccc2c(NC(=O)C(C)c3ccc(Cl)c(Cl)c3)cccc2c1=O. The van der Waals surface area contributed by atoms with E-state index in [0.717, 1.165) is 5.56 Å². The number of fused-ring (bicyclic) bond motifs is 1. The minimum absolute atomic E-state index is 0.0455. The Morgan fingerprint density at radius 1 is 1.03 bits per heavy atom. The second kappa shape index (κ2) is 11.6. The lowest BCUT2D eigenvalue weighted by atomic mass is 10.00. The topological polar surface area (TPSA) is 89.4 Å². The lowest BCUT2D eigenvalue weighted by Gasteiger charge is -2.37. The Morgan fingerprint density at radius 3 is 2.32 bits per heavy atom. The smallest absolute Gasteiger partial charge is 0.259 e. The lowest BCUT2D eigenvalue weighted by Crippen LogP contribution is -2.45. The molecule has 10 heteroatoms. The third-order valence-corrected chi connectivity index (χ3v) is 12.6. The van der Waals surface area contributed by atoms with Crippen LogP contribution in [0.4, 0.5) is 5.69 Å². The van der Waals surface area contributed by atoms with E-state index in [-0.39, 0.29) is 29.0 Å². The molecule has 7 nitrogen and oxygen atoms in total. The summed E-state index contributed by atoms with van der Waals surface area (Å²) in [6.07, 6.45) is 1.58. The van der Waals surface area contributed by atoms with Gasteiger partial charge in [0.15, 0.2) is 8.32 Å². The van der Waals surface area contributed by atoms with Crippen molar-refractivity contribution in [1.29, 1.82) is 0 Å². The summed E-state index contributed by atoms with van der Waals surface area (Å²) in [4.78, 5) is 39.5. The molecule has 1 heterocycles. The molecule has 0 aliphatic carbocycles. The predicted octanol–water partition coefficient (Wildman–Crippen LogP) is 6.36. The van der Waals surface area contributed by atoms with Gasteiger partial charge in [0.05, 0.1) is 22.6 Å². The highest BCUT2D eigenvalue weighted by Gasteiger charge is 2.38. The van der Waals surface area contributed by atoms with Crippen LogP contribution < -0.4 is 16.2 Å². The zero-order valence-corrected chi connectivity index (χ0v) is 25.3. The minimum atomic E-state index is -2.16. The van der Waals surface area contributed by atoms with Crippen LogP contribution in [0.15, 0.2) is 53.5 Å². The summed E-state index contributed by atoms with van der Waals surface area (Å²) in [6, 6.07) is 11.1. The highest BCUT2D eigenvalue weighted by atomic mass is 35.5. The molecule has 0 radical (unpaired) electrons. The zero-order valence-electron chi connectivity index (χ0n) is 22.8. The van der Waals surface area contributed by atoms with Gasteiger partial charge in [-0.15, -0.1) is 0 Å². The number of hydrogen-bond acceptors (Lipinski definition) is 4. The van der Waals surface area contributed by atoms with Crippen LogP contribution in [0.5, 0.6) is 0 Å². The maximum absolute atomic E-state index is 13.6. The van der Waals surface area contributed by atoms with E-state index in [1.54, 1.807) is 55.6 Å². The van der Waals surface area contributed by atoms with Gasteiger partial charge in [0.25, 0.3) is 5.56 Å². The van der Waals surface area contributed by atoms with E-state index < -0.39 is 20.3 Å². The molecule has 0 bridgehead atoms. The molecule has 204 valence electrons. The Labute approximate surface area is 234 Å². The number of nitrogens with one attached hydrogen (secondary N) is 2. The highest BCUT2D eigenvalue weighted by molar-refractivity contribution is 6.74. The molecule has 0 saturated heterocycles. The predicted molar refractivity (Wildman–Crippen MR) is 158 cm³/mol. The van der Waals surface area contributed by atoms with Crippen LogP contribution in [-0.2, 0) is 14.0 Å². The Hall–Kier alpha value is -2.65. The van der Waals surface area contributed by atoms with Crippen LogP contribution in [0.1, 0.15) is 45.2 Å². The Bertz CT molecular complexity index is 1420. The number of carbonyl (C=O) groups excluding carboxylic acids is 2. The minimum Gasteiger partial charge on any atom is -0.414 e. The molecule has 1 aromatic heterocycles. The van der Waals surface area contributed by atoms with Gasteiger partial charge in [-0.05, 0) is 61.0 Å². The Morgan fingerprint density at radius 2 is 1.71 bits per heavy atom. The average Bonchev–Trinajstić information content (AvgIpc) is 2.85. The van der Waals surface area contributed by atoms with Crippen LogP contribution in [0, 0.1) is 0 Å². The number of amides is 2. The van der Waals surface area contributed by atoms with Crippen molar-refractivity contribution in [3.8, 4) is 0 Å². The monoisotopic (exact) mass is 575 g/mol. The number of pyridine rings is 1. The summed E-state index contributed by atoms with van der Waals surface area (Å²) >= 11 is 12.1. The average molecular weight is 577 g/mol. The van der Waals surface area contributed by atoms with Crippen molar-refractivity contribution in [2.45, 2.75) is 57.8 Å². The van der Waals surface area contributed by atoms with E-state index in [0.29, 0.717) is 26.5 Å². The maximum atomic E-state index is 13.6. The summed E-state index contributed by atoms with van der Waals surface area (Å²) in [7, 11) is -0.624. The second-order valence-corrected chi connectivity index (χ2v) is 16.5. The first-order chi connectivity index (χ1) is 17.7. The van der Waals surface area contributed by atoms with Crippen molar-refractivity contribution >= 4 is 59.8 Å². The van der Waals surface area contributed by atoms with E-state index in [4.69, 9.17) is 27.6 Å². The lowest BCUT2D eigenvalue weighted by molar-refractivity contribution is -0.124. The van der Waals surface area contributed by atoms with Crippen LogP contribution in [0.25, 0.3) is 10.8 Å². The van der Waals surface area contributed by atoms with Gasteiger partial charge >= 0.3 is 0 Å². The molecular weight excluding hydrogens is 541 g/mol. The molecule has 2 amide bonds. The standard InChI is InChI=1S/C28H35Cl2N3O4Si/c1-17(18-11-12-21(29)22(30)15-18)25(34)32-23-10-8-9-20-19(23)13-14-33(27(20)36)24(26(35)31-5)16-37-38(6,7)28(2,3)4/h8-15,17,24H,16H2,1-7H3,(H,31,35)(H,32,34)/t17?,24-/m1/s1. The van der Waals surface area contributed by atoms with Crippen LogP contribution >= 0.6 is 23.2 Å². The second-order valence-electron chi connectivity index (χ2n) is 10.9. The van der Waals surface area contributed by atoms with Gasteiger partial charge in [0.2, 0.25) is 11.8 Å². The molecule has 1 unspecified atom stereocenters. The van der Waals surface area contributed by atoms with Crippen molar-refractivity contribution in [1.82, 2.24) is 9.88 Å². The number of hydrogen-bond donors (Lipinski definition) is 2. The molecule has 38 heavy (non-hydrogen) atoms. The molecule has 2 N–H and O–H groups in total. The third kappa shape index (κ3) is 6.31. The molecular formula is C28H35Cl2N3O4Si. The fourth-order valence-electron chi connectivity index (χ4n) is 3.77. The molecule has 0 fully saturated rings. The van der Waals surface area contributed by atoms with Gasteiger partial charge in [-0.3, -0.25) is 14.4 Å². The zero-order chi connectivity index (χ0) is 28.4. The number of rotatable bonds is 8. The van der Waals surface area contributed by atoms with Gasteiger partial charge in [-0.2, -0.15) is 0 Å². The first kappa shape index (κ1) is 29.9. The van der Waals surface area contributed by atoms with Gasteiger partial charge in [0.1, 0.15) is 6.04 Å². The van der Waals surface area contributed by atoms with Gasteiger partial charge in [0, 0.05) is 29.7 Å². The fourth-order valence-corrected chi connectivity index (χ4v) is 5.09. The number of carbonyl (C=O) groups is 2. The molecule has 0 aliphatic rings. The summed E-state index contributed by atoms with van der Waals surface area (Å²) in [5.41, 5.74) is 0.871. The largest absolute Gasteiger partial charge is 0.414 e. The number of aromatic nitrogens is 1. The number of benzene rings is 2. The van der Waals surface area contributed by atoms with E-state index in [1.165, 1.54) is 11.6 Å². The van der Waals surface area contributed by atoms with Gasteiger partial charge in [-0.1, -0.05) is 56.1 Å². The number of nitrogens with zero attached hydrogens (tertiary/aromatic N) is 1. The summed E-state index contributed by atoms with van der Waals surface area (Å²) < 4.78 is 7.71. The first-order valence-corrected chi connectivity index (χ1v) is 16.1. The molecule has 0 aliphatic heterocycles. The van der Waals surface area contributed by atoms with Gasteiger partial charge < -0.3 is 19.6 Å². The van der Waals surface area contributed by atoms with Crippen LogP contribution in [0.3, 0.4) is 0 Å². The van der Waals surface area contributed by atoms with Crippen molar-refractivity contribution in [3.63, 3.8) is 0 Å². The first-order valence-electron chi connectivity index (χ1n) is 12.4. The normalized spacial score (nSPS) is 13.7. The summed E-state index contributed by atoms with van der Waals surface area (Å²) in [6.45, 7) is 12.4.